The van der Waals surface area contributed by atoms with Crippen molar-refractivity contribution in [2.24, 2.45) is 0 Å². The number of benzene rings is 3. The van der Waals surface area contributed by atoms with Crippen molar-refractivity contribution in [3.8, 4) is 16.9 Å². The Balaban J connectivity index is 1.40. The van der Waals surface area contributed by atoms with E-state index in [4.69, 9.17) is 13.9 Å². The summed E-state index contributed by atoms with van der Waals surface area (Å²) in [5.74, 6) is 0.220. The van der Waals surface area contributed by atoms with Gasteiger partial charge in [-0.2, -0.15) is 0 Å². The summed E-state index contributed by atoms with van der Waals surface area (Å²) in [6.07, 6.45) is -0.378. The largest absolute Gasteiger partial charge is 0.544 e. The molecule has 4 rings (SSSR count). The van der Waals surface area contributed by atoms with Gasteiger partial charge in [-0.3, -0.25) is 0 Å². The Hall–Kier alpha value is -3.58. The molecule has 0 aliphatic heterocycles. The number of alkyl carbamates (subject to hydrolysis) is 1. The number of rotatable bonds is 8. The van der Waals surface area contributed by atoms with Gasteiger partial charge in [-0.05, 0) is 58.1 Å². The highest BCUT2D eigenvalue weighted by molar-refractivity contribution is 6.74. The third-order valence-electron chi connectivity index (χ3n) is 7.66. The molecule has 38 heavy (non-hydrogen) atoms. The number of esters is 1. The summed E-state index contributed by atoms with van der Waals surface area (Å²) in [7, 11) is -0.643. The third kappa shape index (κ3) is 5.94. The second-order valence-electron chi connectivity index (χ2n) is 11.3. The lowest BCUT2D eigenvalue weighted by Gasteiger charge is -2.36. The standard InChI is InChI=1S/C31H37NO5Si/c1-31(2,3)38(5,6)37-22-17-15-21(16-18-22)19-28(29(33)35-4)32-30(34)36-20-27-25-13-9-7-11-23(25)24-12-8-10-14-26(24)27/h7-18,27-28H,19-20H2,1-6H3,(H,32,34). The molecule has 1 amide bonds. The molecule has 1 N–H and O–H groups in total. The molecule has 3 aromatic rings. The lowest BCUT2D eigenvalue weighted by Crippen LogP contribution is -2.44. The smallest absolute Gasteiger partial charge is 0.407 e. The molecule has 0 saturated heterocycles. The first-order valence-corrected chi connectivity index (χ1v) is 15.9. The van der Waals surface area contributed by atoms with E-state index < -0.39 is 26.4 Å². The summed E-state index contributed by atoms with van der Waals surface area (Å²) in [5, 5.41) is 2.79. The van der Waals surface area contributed by atoms with Crippen molar-refractivity contribution in [2.45, 2.75) is 57.3 Å². The Morgan fingerprint density at radius 2 is 1.45 bits per heavy atom. The third-order valence-corrected chi connectivity index (χ3v) is 12.0. The maximum atomic E-state index is 12.8. The van der Waals surface area contributed by atoms with Crippen molar-refractivity contribution in [2.75, 3.05) is 13.7 Å². The topological polar surface area (TPSA) is 73.9 Å². The van der Waals surface area contributed by atoms with E-state index in [0.29, 0.717) is 0 Å². The van der Waals surface area contributed by atoms with Crippen LogP contribution in [0, 0.1) is 0 Å². The van der Waals surface area contributed by atoms with Crippen LogP contribution >= 0.6 is 0 Å². The van der Waals surface area contributed by atoms with Crippen LogP contribution < -0.4 is 9.74 Å². The average Bonchev–Trinajstić information content (AvgIpc) is 3.20. The van der Waals surface area contributed by atoms with Gasteiger partial charge >= 0.3 is 12.1 Å². The fourth-order valence-corrected chi connectivity index (χ4v) is 5.53. The lowest BCUT2D eigenvalue weighted by molar-refractivity contribution is -0.143. The molecule has 0 spiro atoms. The van der Waals surface area contributed by atoms with E-state index in [9.17, 15) is 9.59 Å². The molecule has 0 saturated carbocycles. The molecule has 0 heterocycles. The minimum atomic E-state index is -1.95. The van der Waals surface area contributed by atoms with Crippen LogP contribution in [0.25, 0.3) is 11.1 Å². The molecule has 7 heteroatoms. The number of hydrogen-bond donors (Lipinski definition) is 1. The van der Waals surface area contributed by atoms with Gasteiger partial charge < -0.3 is 19.2 Å². The fraction of sp³-hybridized carbons (Fsp3) is 0.355. The highest BCUT2D eigenvalue weighted by Crippen LogP contribution is 2.44. The van der Waals surface area contributed by atoms with Gasteiger partial charge in [0.25, 0.3) is 0 Å². The molecule has 0 aromatic heterocycles. The maximum Gasteiger partial charge on any atom is 0.407 e. The Morgan fingerprint density at radius 1 is 0.895 bits per heavy atom. The first kappa shape index (κ1) is 27.5. The number of methoxy groups -OCH3 is 1. The van der Waals surface area contributed by atoms with Crippen molar-refractivity contribution in [1.29, 1.82) is 0 Å². The molecular weight excluding hydrogens is 494 g/mol. The Kier molecular flexibility index (Phi) is 7.97. The summed E-state index contributed by atoms with van der Waals surface area (Å²) in [4.78, 5) is 25.3. The molecule has 0 fully saturated rings. The van der Waals surface area contributed by atoms with Gasteiger partial charge in [-0.25, -0.2) is 9.59 Å². The van der Waals surface area contributed by atoms with E-state index in [1.807, 2.05) is 48.5 Å². The van der Waals surface area contributed by atoms with E-state index in [1.165, 1.54) is 7.11 Å². The zero-order valence-electron chi connectivity index (χ0n) is 23.0. The van der Waals surface area contributed by atoms with E-state index in [0.717, 1.165) is 33.6 Å². The number of fused-ring (bicyclic) bond motifs is 3. The predicted octanol–water partition coefficient (Wildman–Crippen LogP) is 6.69. The Labute approximate surface area is 226 Å². The van der Waals surface area contributed by atoms with Gasteiger partial charge in [0.05, 0.1) is 7.11 Å². The van der Waals surface area contributed by atoms with Gasteiger partial charge in [0.1, 0.15) is 18.4 Å². The molecule has 0 radical (unpaired) electrons. The first-order valence-electron chi connectivity index (χ1n) is 13.0. The van der Waals surface area contributed by atoms with Crippen molar-refractivity contribution >= 4 is 20.4 Å². The van der Waals surface area contributed by atoms with Gasteiger partial charge in [0, 0.05) is 12.3 Å². The molecule has 1 unspecified atom stereocenters. The Morgan fingerprint density at radius 3 is 1.97 bits per heavy atom. The van der Waals surface area contributed by atoms with Crippen molar-refractivity contribution in [3.63, 3.8) is 0 Å². The minimum Gasteiger partial charge on any atom is -0.544 e. The summed E-state index contributed by atoms with van der Waals surface area (Å²) in [6, 6.07) is 23.1. The first-order chi connectivity index (χ1) is 18.0. The fourth-order valence-electron chi connectivity index (χ4n) is 4.49. The lowest BCUT2D eigenvalue weighted by atomic mass is 9.98. The van der Waals surface area contributed by atoms with Crippen LogP contribution in [0.1, 0.15) is 43.4 Å². The number of amides is 1. The van der Waals surface area contributed by atoms with Crippen LogP contribution in [0.2, 0.25) is 18.1 Å². The molecule has 1 aliphatic rings. The van der Waals surface area contributed by atoms with Crippen LogP contribution in [0.3, 0.4) is 0 Å². The summed E-state index contributed by atoms with van der Waals surface area (Å²) in [6.45, 7) is 11.2. The van der Waals surface area contributed by atoms with E-state index in [2.05, 4.69) is 63.4 Å². The molecule has 1 aliphatic carbocycles. The number of carbonyl (C=O) groups is 2. The zero-order valence-corrected chi connectivity index (χ0v) is 24.0. The van der Waals surface area contributed by atoms with Crippen LogP contribution in [0.15, 0.2) is 72.8 Å². The molecule has 3 aromatic carbocycles. The Bertz CT molecular complexity index is 1250. The minimum absolute atomic E-state index is 0.0572. The zero-order chi connectivity index (χ0) is 27.5. The monoisotopic (exact) mass is 531 g/mol. The number of nitrogens with one attached hydrogen (secondary N) is 1. The molecule has 0 bridgehead atoms. The van der Waals surface area contributed by atoms with Crippen LogP contribution in [-0.4, -0.2) is 40.1 Å². The van der Waals surface area contributed by atoms with Crippen LogP contribution in [0.4, 0.5) is 4.79 Å². The van der Waals surface area contributed by atoms with Crippen LogP contribution in [0.5, 0.6) is 5.75 Å². The van der Waals surface area contributed by atoms with Gasteiger partial charge in [-0.15, -0.1) is 0 Å². The summed E-state index contributed by atoms with van der Waals surface area (Å²) in [5.41, 5.74) is 5.45. The molecule has 1 atom stereocenters. The predicted molar refractivity (Wildman–Crippen MR) is 152 cm³/mol. The molecule has 6 nitrogen and oxygen atoms in total. The SMILES string of the molecule is COC(=O)C(Cc1ccc(O[Si](C)(C)C(C)(C)C)cc1)NC(=O)OCC1c2ccccc2-c2ccccc21. The normalized spacial score (nSPS) is 13.7. The maximum absolute atomic E-state index is 12.8. The van der Waals surface area contributed by atoms with Gasteiger partial charge in [0.2, 0.25) is 8.32 Å². The van der Waals surface area contributed by atoms with Crippen molar-refractivity contribution in [1.82, 2.24) is 5.32 Å². The quantitative estimate of drug-likeness (QED) is 0.259. The number of ether oxygens (including phenoxy) is 2. The van der Waals surface area contributed by atoms with E-state index >= 15 is 0 Å². The van der Waals surface area contributed by atoms with Crippen molar-refractivity contribution in [3.05, 3.63) is 89.5 Å². The van der Waals surface area contributed by atoms with E-state index in [-0.39, 0.29) is 24.0 Å². The second kappa shape index (κ2) is 11.0. The highest BCUT2D eigenvalue weighted by atomic mass is 28.4. The number of hydrogen-bond acceptors (Lipinski definition) is 5. The van der Waals surface area contributed by atoms with Crippen molar-refractivity contribution < 1.29 is 23.5 Å². The van der Waals surface area contributed by atoms with Gasteiger partial charge in [0.15, 0.2) is 0 Å². The second-order valence-corrected chi connectivity index (χ2v) is 16.0. The molecule has 200 valence electrons. The molecular formula is C31H37NO5Si. The average molecular weight is 532 g/mol. The summed E-state index contributed by atoms with van der Waals surface area (Å²) < 4.78 is 16.9. The van der Waals surface area contributed by atoms with Gasteiger partial charge in [-0.1, -0.05) is 81.4 Å². The summed E-state index contributed by atoms with van der Waals surface area (Å²) >= 11 is 0. The highest BCUT2D eigenvalue weighted by Gasteiger charge is 2.39. The number of carbonyl (C=O) groups excluding carboxylic acids is 2. The van der Waals surface area contributed by atoms with E-state index in [1.54, 1.807) is 0 Å². The van der Waals surface area contributed by atoms with Crippen LogP contribution in [-0.2, 0) is 20.7 Å².